The van der Waals surface area contributed by atoms with Gasteiger partial charge in [0.25, 0.3) is 0 Å². The molecule has 1 heteroatoms. The fourth-order valence-electron chi connectivity index (χ4n) is 1.43. The van der Waals surface area contributed by atoms with Gasteiger partial charge in [0.2, 0.25) is 0 Å². The summed E-state index contributed by atoms with van der Waals surface area (Å²) in [4.78, 5) is 0. The number of hydrogen-bond acceptors (Lipinski definition) is 0. The first-order valence-electron chi connectivity index (χ1n) is 4.33. The molecule has 0 atom stereocenters. The minimum Gasteiger partial charge on any atom is -0.324 e. The van der Waals surface area contributed by atoms with Crippen molar-refractivity contribution in [2.75, 3.05) is 0 Å². The molecule has 13 heavy (non-hydrogen) atoms. The lowest BCUT2D eigenvalue weighted by Crippen LogP contribution is -1.93. The van der Waals surface area contributed by atoms with Crippen molar-refractivity contribution >= 4 is 0 Å². The van der Waals surface area contributed by atoms with Crippen LogP contribution < -0.4 is 0 Å². The summed E-state index contributed by atoms with van der Waals surface area (Å²) in [7, 11) is 0. The van der Waals surface area contributed by atoms with Crippen molar-refractivity contribution in [3.63, 3.8) is 0 Å². The smallest absolute Gasteiger partial charge is 0.0481 e. The summed E-state index contributed by atoms with van der Waals surface area (Å²) >= 11 is 0. The molecule has 1 nitrogen and oxygen atoms in total. The Morgan fingerprint density at radius 2 is 1.85 bits per heavy atom. The summed E-state index contributed by atoms with van der Waals surface area (Å²) in [5.41, 5.74) is 3.52. The summed E-state index contributed by atoms with van der Waals surface area (Å²) < 4.78 is 2.10. The summed E-state index contributed by atoms with van der Waals surface area (Å²) in [6, 6.07) is 10.3. The van der Waals surface area contributed by atoms with Crippen molar-refractivity contribution in [1.82, 2.24) is 4.57 Å². The highest BCUT2D eigenvalue weighted by Crippen LogP contribution is 2.15. The highest BCUT2D eigenvalue weighted by atomic mass is 14.9. The molecule has 0 spiro atoms. The van der Waals surface area contributed by atoms with Gasteiger partial charge in [-0.3, -0.25) is 0 Å². The molecule has 0 aliphatic carbocycles. The molecule has 1 radical (unpaired) electrons. The van der Waals surface area contributed by atoms with Gasteiger partial charge in [0.1, 0.15) is 0 Å². The summed E-state index contributed by atoms with van der Waals surface area (Å²) in [5.74, 6) is 0. The van der Waals surface area contributed by atoms with Crippen LogP contribution in [0, 0.1) is 13.8 Å². The van der Waals surface area contributed by atoms with Gasteiger partial charge in [0.05, 0.1) is 0 Å². The Morgan fingerprint density at radius 1 is 1.15 bits per heavy atom. The largest absolute Gasteiger partial charge is 0.324 e. The molecule has 1 aromatic heterocycles. The van der Waals surface area contributed by atoms with Gasteiger partial charge >= 0.3 is 0 Å². The standard InChI is InChI=1S/C12H12N/c1-10-5-6-11(2)12(9-10)13-7-3-4-8-13/h3-9H,1H2,2H3. The molecule has 0 N–H and O–H groups in total. The van der Waals surface area contributed by atoms with Gasteiger partial charge in [0, 0.05) is 18.1 Å². The molecule has 2 rings (SSSR count). The lowest BCUT2D eigenvalue weighted by Gasteiger charge is -2.07. The van der Waals surface area contributed by atoms with E-state index in [-0.39, 0.29) is 0 Å². The predicted molar refractivity (Wildman–Crippen MR) is 55.0 cm³/mol. The molecule has 65 valence electrons. The maximum atomic E-state index is 3.92. The van der Waals surface area contributed by atoms with E-state index in [1.807, 2.05) is 30.6 Å². The van der Waals surface area contributed by atoms with E-state index in [0.717, 1.165) is 5.56 Å². The number of aryl methyl sites for hydroxylation is 1. The van der Waals surface area contributed by atoms with E-state index in [1.165, 1.54) is 11.3 Å². The van der Waals surface area contributed by atoms with Gasteiger partial charge in [-0.2, -0.15) is 0 Å². The van der Waals surface area contributed by atoms with Gasteiger partial charge < -0.3 is 4.57 Å². The van der Waals surface area contributed by atoms with Crippen molar-refractivity contribution in [2.24, 2.45) is 0 Å². The zero-order chi connectivity index (χ0) is 9.26. The van der Waals surface area contributed by atoms with E-state index in [1.54, 1.807) is 0 Å². The molecule has 0 aliphatic heterocycles. The van der Waals surface area contributed by atoms with Crippen LogP contribution in [0.3, 0.4) is 0 Å². The van der Waals surface area contributed by atoms with Gasteiger partial charge in [-0.15, -0.1) is 0 Å². The Hall–Kier alpha value is -1.50. The number of rotatable bonds is 1. The maximum absolute atomic E-state index is 3.92. The third-order valence-corrected chi connectivity index (χ3v) is 2.16. The molecular formula is C12H12N. The zero-order valence-electron chi connectivity index (χ0n) is 7.70. The van der Waals surface area contributed by atoms with Crippen molar-refractivity contribution in [3.8, 4) is 5.69 Å². The van der Waals surface area contributed by atoms with Crippen LogP contribution >= 0.6 is 0 Å². The second kappa shape index (κ2) is 3.09. The van der Waals surface area contributed by atoms with E-state index in [9.17, 15) is 0 Å². The number of benzene rings is 1. The normalized spacial score (nSPS) is 10.3. The lowest BCUT2D eigenvalue weighted by atomic mass is 10.1. The molecule has 0 amide bonds. The number of nitrogens with zero attached hydrogens (tertiary/aromatic N) is 1. The minimum absolute atomic E-state index is 1.05. The Kier molecular flexibility index (Phi) is 1.93. The first-order valence-corrected chi connectivity index (χ1v) is 4.33. The Morgan fingerprint density at radius 3 is 2.54 bits per heavy atom. The molecule has 2 aromatic rings. The highest BCUT2D eigenvalue weighted by molar-refractivity contribution is 5.44. The van der Waals surface area contributed by atoms with E-state index in [4.69, 9.17) is 0 Å². The molecular weight excluding hydrogens is 158 g/mol. The third kappa shape index (κ3) is 1.50. The maximum Gasteiger partial charge on any atom is 0.0481 e. The van der Waals surface area contributed by atoms with Gasteiger partial charge in [-0.05, 0) is 43.2 Å². The monoisotopic (exact) mass is 170 g/mol. The first-order chi connectivity index (χ1) is 6.27. The molecule has 0 unspecified atom stereocenters. The lowest BCUT2D eigenvalue weighted by molar-refractivity contribution is 1.06. The van der Waals surface area contributed by atoms with E-state index in [0.29, 0.717) is 0 Å². The van der Waals surface area contributed by atoms with Crippen molar-refractivity contribution < 1.29 is 0 Å². The number of hydrogen-bond donors (Lipinski definition) is 0. The Labute approximate surface area is 78.6 Å². The van der Waals surface area contributed by atoms with E-state index in [2.05, 4.69) is 30.5 Å². The van der Waals surface area contributed by atoms with Gasteiger partial charge in [-0.1, -0.05) is 12.1 Å². The number of aromatic nitrogens is 1. The molecule has 1 aromatic carbocycles. The fourth-order valence-corrected chi connectivity index (χ4v) is 1.43. The SMILES string of the molecule is [CH2]c1ccc(C)c(-n2cccc2)c1. The minimum atomic E-state index is 1.05. The van der Waals surface area contributed by atoms with Crippen molar-refractivity contribution in [3.05, 3.63) is 60.8 Å². The molecule has 0 bridgehead atoms. The zero-order valence-corrected chi connectivity index (χ0v) is 7.70. The molecule has 0 fully saturated rings. The molecule has 0 saturated carbocycles. The van der Waals surface area contributed by atoms with Crippen LogP contribution in [0.2, 0.25) is 0 Å². The third-order valence-electron chi connectivity index (χ3n) is 2.16. The van der Waals surface area contributed by atoms with E-state index >= 15 is 0 Å². The van der Waals surface area contributed by atoms with Crippen LogP contribution in [-0.2, 0) is 0 Å². The Balaban J connectivity index is 2.57. The van der Waals surface area contributed by atoms with Gasteiger partial charge in [-0.25, -0.2) is 0 Å². The van der Waals surface area contributed by atoms with Crippen LogP contribution in [0.25, 0.3) is 5.69 Å². The van der Waals surface area contributed by atoms with E-state index < -0.39 is 0 Å². The second-order valence-electron chi connectivity index (χ2n) is 3.21. The molecule has 0 saturated heterocycles. The topological polar surface area (TPSA) is 4.93 Å². The molecule has 0 aliphatic rings. The molecule has 1 heterocycles. The fraction of sp³-hybridized carbons (Fsp3) is 0.0833. The van der Waals surface area contributed by atoms with Gasteiger partial charge in [0.15, 0.2) is 0 Å². The van der Waals surface area contributed by atoms with Crippen molar-refractivity contribution in [1.29, 1.82) is 0 Å². The van der Waals surface area contributed by atoms with Crippen LogP contribution in [0.4, 0.5) is 0 Å². The quantitative estimate of drug-likeness (QED) is 0.620. The van der Waals surface area contributed by atoms with Crippen LogP contribution in [0.5, 0.6) is 0 Å². The predicted octanol–water partition coefficient (Wildman–Crippen LogP) is 2.97. The average Bonchev–Trinajstić information content (AvgIpc) is 2.61. The summed E-state index contributed by atoms with van der Waals surface area (Å²) in [6.45, 7) is 6.02. The van der Waals surface area contributed by atoms with Crippen LogP contribution in [-0.4, -0.2) is 4.57 Å². The second-order valence-corrected chi connectivity index (χ2v) is 3.21. The summed E-state index contributed by atoms with van der Waals surface area (Å²) in [6.07, 6.45) is 4.09. The Bertz CT molecular complexity index is 399. The van der Waals surface area contributed by atoms with Crippen molar-refractivity contribution in [2.45, 2.75) is 6.92 Å². The van der Waals surface area contributed by atoms with Crippen LogP contribution in [0.1, 0.15) is 11.1 Å². The average molecular weight is 170 g/mol. The first kappa shape index (κ1) is 8.11. The summed E-state index contributed by atoms with van der Waals surface area (Å²) in [5, 5.41) is 0. The highest BCUT2D eigenvalue weighted by Gasteiger charge is 1.98. The van der Waals surface area contributed by atoms with Crippen LogP contribution in [0.15, 0.2) is 42.7 Å².